The smallest absolute Gasteiger partial charge is 0.331 e. The number of hydrogen-bond donors (Lipinski definition) is 0. The number of ether oxygens (including phenoxy) is 1. The molecule has 0 unspecified atom stereocenters. The minimum Gasteiger partial charge on any atom is -0.467 e. The van der Waals surface area contributed by atoms with Gasteiger partial charge < -0.3 is 9.64 Å². The Labute approximate surface area is 131 Å². The van der Waals surface area contributed by atoms with Crippen LogP contribution in [0.5, 0.6) is 0 Å². The Morgan fingerprint density at radius 1 is 1.23 bits per heavy atom. The number of hydrogen-bond acceptors (Lipinski definition) is 3. The Balaban J connectivity index is 2.07. The third-order valence-electron chi connectivity index (χ3n) is 5.30. The molecule has 0 aliphatic carbocycles. The van der Waals surface area contributed by atoms with Crippen molar-refractivity contribution >= 4 is 11.9 Å². The zero-order chi connectivity index (χ0) is 16.0. The number of carbonyl (C=O) groups is 2. The molecule has 22 heavy (non-hydrogen) atoms. The first kappa shape index (κ1) is 15.1. The Bertz CT molecular complexity index is 596. The van der Waals surface area contributed by atoms with Crippen molar-refractivity contribution in [3.63, 3.8) is 0 Å². The number of benzene rings is 1. The summed E-state index contributed by atoms with van der Waals surface area (Å²) < 4.78 is 5.09. The molecular weight excluding hydrogens is 278 g/mol. The monoisotopic (exact) mass is 301 g/mol. The van der Waals surface area contributed by atoms with Gasteiger partial charge in [0.05, 0.1) is 7.11 Å². The lowest BCUT2D eigenvalue weighted by molar-refractivity contribution is -0.154. The van der Waals surface area contributed by atoms with Gasteiger partial charge in [0, 0.05) is 11.6 Å². The van der Waals surface area contributed by atoms with Gasteiger partial charge in [-0.05, 0) is 43.2 Å². The van der Waals surface area contributed by atoms with Crippen LogP contribution < -0.4 is 0 Å². The highest BCUT2D eigenvalue weighted by molar-refractivity contribution is 5.99. The summed E-state index contributed by atoms with van der Waals surface area (Å²) in [6, 6.07) is 9.32. The number of amides is 1. The van der Waals surface area contributed by atoms with Crippen LogP contribution in [0.15, 0.2) is 30.3 Å². The second-order valence-corrected chi connectivity index (χ2v) is 7.14. The molecule has 1 amide bonds. The van der Waals surface area contributed by atoms with Gasteiger partial charge in [0.1, 0.15) is 5.54 Å². The van der Waals surface area contributed by atoms with Gasteiger partial charge in [-0.3, -0.25) is 4.79 Å². The van der Waals surface area contributed by atoms with E-state index in [1.807, 2.05) is 35.2 Å². The summed E-state index contributed by atoms with van der Waals surface area (Å²) in [5, 5.41) is 0. The van der Waals surface area contributed by atoms with Crippen molar-refractivity contribution in [3.8, 4) is 0 Å². The van der Waals surface area contributed by atoms with Gasteiger partial charge in [0.2, 0.25) is 0 Å². The van der Waals surface area contributed by atoms with E-state index in [1.54, 1.807) is 0 Å². The largest absolute Gasteiger partial charge is 0.467 e. The topological polar surface area (TPSA) is 46.6 Å². The van der Waals surface area contributed by atoms with Gasteiger partial charge in [-0.2, -0.15) is 0 Å². The lowest BCUT2D eigenvalue weighted by Gasteiger charge is -2.43. The molecule has 2 bridgehead atoms. The van der Waals surface area contributed by atoms with Crippen LogP contribution in [0.2, 0.25) is 0 Å². The number of nitrogens with zero attached hydrogens (tertiary/aromatic N) is 1. The molecule has 0 radical (unpaired) electrons. The van der Waals surface area contributed by atoms with Crippen molar-refractivity contribution in [3.05, 3.63) is 35.9 Å². The predicted molar refractivity (Wildman–Crippen MR) is 83.4 cm³/mol. The van der Waals surface area contributed by atoms with Crippen LogP contribution in [0.3, 0.4) is 0 Å². The number of carbonyl (C=O) groups excluding carboxylic acids is 2. The Morgan fingerprint density at radius 3 is 2.55 bits per heavy atom. The molecule has 4 nitrogen and oxygen atoms in total. The molecule has 2 aliphatic rings. The molecule has 2 aliphatic heterocycles. The molecule has 2 atom stereocenters. The first-order chi connectivity index (χ1) is 10.4. The maximum atomic E-state index is 13.1. The van der Waals surface area contributed by atoms with E-state index in [0.717, 1.165) is 12.8 Å². The predicted octanol–water partition coefficient (Wildman–Crippen LogP) is 3.02. The summed E-state index contributed by atoms with van der Waals surface area (Å²) in [6.07, 6.45) is 3.28. The molecule has 0 spiro atoms. The van der Waals surface area contributed by atoms with Gasteiger partial charge >= 0.3 is 5.97 Å². The van der Waals surface area contributed by atoms with Crippen LogP contribution in [0.1, 0.15) is 49.9 Å². The first-order valence-corrected chi connectivity index (χ1v) is 7.89. The third kappa shape index (κ3) is 2.04. The number of fused-ring (bicyclic) bond motifs is 2. The molecule has 1 aromatic carbocycles. The first-order valence-electron chi connectivity index (χ1n) is 7.89. The molecule has 0 N–H and O–H groups in total. The van der Waals surface area contributed by atoms with Crippen molar-refractivity contribution in [2.24, 2.45) is 5.41 Å². The SMILES string of the molecule is COC(=O)[C@]12CCC[C@H](N1C(=O)c1ccccc1)C(C)(C)C2. The Kier molecular flexibility index (Phi) is 3.50. The van der Waals surface area contributed by atoms with Crippen LogP contribution in [0, 0.1) is 5.41 Å². The molecule has 1 aromatic rings. The Hall–Kier alpha value is -1.84. The normalized spacial score (nSPS) is 29.2. The maximum Gasteiger partial charge on any atom is 0.331 e. The minimum absolute atomic E-state index is 0.0544. The number of esters is 1. The molecule has 2 fully saturated rings. The summed E-state index contributed by atoms with van der Waals surface area (Å²) in [7, 11) is 1.41. The second-order valence-electron chi connectivity index (χ2n) is 7.14. The quantitative estimate of drug-likeness (QED) is 0.789. The molecule has 3 rings (SSSR count). The van der Waals surface area contributed by atoms with Crippen LogP contribution in [0.4, 0.5) is 0 Å². The summed E-state index contributed by atoms with van der Waals surface area (Å²) in [5.74, 6) is -0.326. The summed E-state index contributed by atoms with van der Waals surface area (Å²) in [6.45, 7) is 4.30. The van der Waals surface area contributed by atoms with E-state index in [9.17, 15) is 9.59 Å². The summed E-state index contributed by atoms with van der Waals surface area (Å²) >= 11 is 0. The fourth-order valence-corrected chi connectivity index (χ4v) is 4.44. The fraction of sp³-hybridized carbons (Fsp3) is 0.556. The molecular formula is C18H23NO3. The van der Waals surface area contributed by atoms with Crippen molar-refractivity contribution in [2.75, 3.05) is 7.11 Å². The van der Waals surface area contributed by atoms with E-state index in [2.05, 4.69) is 13.8 Å². The van der Waals surface area contributed by atoms with E-state index < -0.39 is 5.54 Å². The highest BCUT2D eigenvalue weighted by atomic mass is 16.5. The van der Waals surface area contributed by atoms with Crippen LogP contribution in [-0.4, -0.2) is 35.5 Å². The van der Waals surface area contributed by atoms with Gasteiger partial charge in [0.15, 0.2) is 0 Å². The fourth-order valence-electron chi connectivity index (χ4n) is 4.44. The second kappa shape index (κ2) is 5.11. The number of methoxy groups -OCH3 is 1. The molecule has 0 saturated carbocycles. The van der Waals surface area contributed by atoms with E-state index >= 15 is 0 Å². The van der Waals surface area contributed by atoms with Crippen molar-refractivity contribution in [1.29, 1.82) is 0 Å². The molecule has 4 heteroatoms. The number of rotatable bonds is 2. The third-order valence-corrected chi connectivity index (χ3v) is 5.30. The molecule has 2 saturated heterocycles. The highest BCUT2D eigenvalue weighted by Crippen LogP contribution is 2.54. The van der Waals surface area contributed by atoms with Crippen LogP contribution in [0.25, 0.3) is 0 Å². The van der Waals surface area contributed by atoms with Gasteiger partial charge in [-0.1, -0.05) is 32.0 Å². The van der Waals surface area contributed by atoms with E-state index in [-0.39, 0.29) is 23.3 Å². The van der Waals surface area contributed by atoms with Crippen molar-refractivity contribution in [1.82, 2.24) is 4.90 Å². The molecule has 0 aromatic heterocycles. The standard InChI is InChI=1S/C18H23NO3/c1-17(2)12-18(16(21)22-3)11-7-10-14(17)19(18)15(20)13-8-5-4-6-9-13/h4-6,8-9,14H,7,10-12H2,1-3H3/t14-,18+/m0/s1. The summed E-state index contributed by atoms with van der Waals surface area (Å²) in [4.78, 5) is 27.5. The zero-order valence-electron chi connectivity index (χ0n) is 13.5. The van der Waals surface area contributed by atoms with Crippen molar-refractivity contribution in [2.45, 2.75) is 51.1 Å². The zero-order valence-corrected chi connectivity index (χ0v) is 13.5. The van der Waals surface area contributed by atoms with Crippen LogP contribution >= 0.6 is 0 Å². The highest BCUT2D eigenvalue weighted by Gasteiger charge is 2.63. The molecule has 118 valence electrons. The van der Waals surface area contributed by atoms with Gasteiger partial charge in [-0.15, -0.1) is 0 Å². The average Bonchev–Trinajstić information content (AvgIpc) is 2.66. The Morgan fingerprint density at radius 2 is 1.91 bits per heavy atom. The van der Waals surface area contributed by atoms with E-state index in [4.69, 9.17) is 4.74 Å². The average molecular weight is 301 g/mol. The van der Waals surface area contributed by atoms with E-state index in [0.29, 0.717) is 18.4 Å². The van der Waals surface area contributed by atoms with Gasteiger partial charge in [0.25, 0.3) is 5.91 Å². The molecule has 2 heterocycles. The van der Waals surface area contributed by atoms with Gasteiger partial charge in [-0.25, -0.2) is 4.79 Å². The minimum atomic E-state index is -0.798. The number of piperidine rings is 1. The van der Waals surface area contributed by atoms with E-state index in [1.165, 1.54) is 7.11 Å². The summed E-state index contributed by atoms with van der Waals surface area (Å²) in [5.41, 5.74) is -0.233. The van der Waals surface area contributed by atoms with Crippen LogP contribution in [-0.2, 0) is 9.53 Å². The maximum absolute atomic E-state index is 13.1. The van der Waals surface area contributed by atoms with Crippen molar-refractivity contribution < 1.29 is 14.3 Å². The lowest BCUT2D eigenvalue weighted by atomic mass is 9.81. The lowest BCUT2D eigenvalue weighted by Crippen LogP contribution is -2.58.